The Morgan fingerprint density at radius 1 is 0.545 bits per heavy atom. The van der Waals surface area contributed by atoms with Crippen LogP contribution in [0.5, 0.6) is 0 Å². The average Bonchev–Trinajstić information content (AvgIpc) is 3.80. The van der Waals surface area contributed by atoms with E-state index >= 15 is 0 Å². The van der Waals surface area contributed by atoms with Gasteiger partial charge in [-0.1, -0.05) is 139 Å². The van der Waals surface area contributed by atoms with E-state index in [1.165, 1.54) is 21.8 Å². The lowest BCUT2D eigenvalue weighted by Gasteiger charge is -2.17. The molecule has 2 aromatic heterocycles. The Hall–Kier alpha value is -6.33. The van der Waals surface area contributed by atoms with E-state index in [9.17, 15) is 19.7 Å². The number of hydrogen-bond acceptors (Lipinski definition) is 5. The summed E-state index contributed by atoms with van der Waals surface area (Å²) in [5, 5.41) is 14.8. The summed E-state index contributed by atoms with van der Waals surface area (Å²) in [7, 11) is 0. The highest BCUT2D eigenvalue weighted by molar-refractivity contribution is 14.1. The summed E-state index contributed by atoms with van der Waals surface area (Å²) in [5.41, 5.74) is 15.9. The van der Waals surface area contributed by atoms with Crippen LogP contribution >= 0.6 is 22.6 Å². The van der Waals surface area contributed by atoms with Gasteiger partial charge in [-0.25, -0.2) is 0 Å². The van der Waals surface area contributed by atoms with Crippen LogP contribution in [0.3, 0.4) is 0 Å². The number of nitro benzene ring substituents is 1. The molecule has 272 valence electrons. The van der Waals surface area contributed by atoms with E-state index in [2.05, 4.69) is 34.7 Å². The van der Waals surface area contributed by atoms with Crippen molar-refractivity contribution in [2.45, 2.75) is 20.3 Å². The molecule has 10 rings (SSSR count). The van der Waals surface area contributed by atoms with Crippen LogP contribution in [0.4, 0.5) is 11.4 Å². The second-order valence-electron chi connectivity index (χ2n) is 13.0. The third-order valence-corrected chi connectivity index (χ3v) is 10.2. The number of anilines is 1. The molecule has 0 atom stereocenters. The van der Waals surface area contributed by atoms with Gasteiger partial charge in [-0.3, -0.25) is 28.8 Å². The first-order valence-electron chi connectivity index (χ1n) is 17.4. The van der Waals surface area contributed by atoms with Gasteiger partial charge < -0.3 is 5.73 Å². The van der Waals surface area contributed by atoms with E-state index in [0.29, 0.717) is 23.2 Å². The monoisotopic (exact) mass is 836 g/mol. The number of pyridine rings is 2. The maximum Gasteiger partial charge on any atom is 0.293 e. The lowest BCUT2D eigenvalue weighted by molar-refractivity contribution is -0.384. The quantitative estimate of drug-likeness (QED) is 0.0626. The topological polar surface area (TPSA) is 113 Å². The second-order valence-corrected chi connectivity index (χ2v) is 13.0. The molecule has 2 N–H and O–H groups in total. The molecule has 6 aromatic carbocycles. The first-order chi connectivity index (χ1) is 26.4. The second kappa shape index (κ2) is 15.2. The van der Waals surface area contributed by atoms with Gasteiger partial charge in [0, 0.05) is 40.8 Å². The number of nitrogens with two attached hydrogens (primary N) is 1. The summed E-state index contributed by atoms with van der Waals surface area (Å²) < 4.78 is 3.31. The molecule has 2 heterocycles. The first-order valence-corrected chi connectivity index (χ1v) is 19.5. The molecule has 0 spiro atoms. The third kappa shape index (κ3) is 6.10. The van der Waals surface area contributed by atoms with Crippen LogP contribution < -0.4 is 16.9 Å². The van der Waals surface area contributed by atoms with Crippen LogP contribution in [-0.2, 0) is 12.8 Å². The van der Waals surface area contributed by atoms with Crippen molar-refractivity contribution >= 4 is 55.5 Å². The fourth-order valence-corrected chi connectivity index (χ4v) is 7.91. The predicted octanol–water partition coefficient (Wildman–Crippen LogP) is 10.3. The van der Waals surface area contributed by atoms with Crippen molar-refractivity contribution in [3.63, 3.8) is 0 Å². The number of nitrogens with zero attached hydrogens (tertiary/aromatic N) is 3. The third-order valence-electron chi connectivity index (χ3n) is 10.2. The van der Waals surface area contributed by atoms with Crippen molar-refractivity contribution < 1.29 is 4.92 Å². The molecule has 0 unspecified atom stereocenters. The van der Waals surface area contributed by atoms with Gasteiger partial charge >= 0.3 is 0 Å². The minimum Gasteiger partial charge on any atom is -0.397 e. The summed E-state index contributed by atoms with van der Waals surface area (Å²) in [6.45, 7) is 0. The van der Waals surface area contributed by atoms with E-state index < -0.39 is 4.92 Å². The van der Waals surface area contributed by atoms with Crippen LogP contribution in [0.1, 0.15) is 29.7 Å². The van der Waals surface area contributed by atoms with E-state index in [1.54, 1.807) is 28.8 Å². The Balaban J connectivity index is 0.000000160. The van der Waals surface area contributed by atoms with Crippen LogP contribution in [0, 0.1) is 10.1 Å². The molecule has 2 aliphatic rings. The Bertz CT molecular complexity index is 2910. The Morgan fingerprint density at radius 2 is 0.927 bits per heavy atom. The SMILES string of the molecule is C.CI.Nc1ccccc1-n1c2c(c3ccccc3c1=O)Cc1ccccc1-2.O=c1c2ccccc2c2c(n1-c1ccccc1[N+](=O)[O-])-c1ccccc1C2. The molecular weight excluding hydrogens is 799 g/mol. The predicted molar refractivity (Wildman–Crippen MR) is 233 cm³/mol. The number of rotatable bonds is 3. The molecule has 2 aliphatic carbocycles. The van der Waals surface area contributed by atoms with Gasteiger partial charge in [0.1, 0.15) is 5.69 Å². The average molecular weight is 837 g/mol. The van der Waals surface area contributed by atoms with Crippen LogP contribution in [0.15, 0.2) is 155 Å². The van der Waals surface area contributed by atoms with E-state index in [4.69, 9.17) is 5.73 Å². The normalized spacial score (nSPS) is 11.5. The zero-order chi connectivity index (χ0) is 37.5. The van der Waals surface area contributed by atoms with Gasteiger partial charge in [0.15, 0.2) is 0 Å². The molecule has 9 heteroatoms. The minimum absolute atomic E-state index is 0. The van der Waals surface area contributed by atoms with Gasteiger partial charge in [-0.15, -0.1) is 0 Å². The van der Waals surface area contributed by atoms with Crippen molar-refractivity contribution in [1.82, 2.24) is 9.13 Å². The number of halogens is 1. The molecule has 0 saturated carbocycles. The maximum atomic E-state index is 13.4. The van der Waals surface area contributed by atoms with E-state index in [1.807, 2.05) is 108 Å². The number of benzene rings is 6. The van der Waals surface area contributed by atoms with Gasteiger partial charge in [0.05, 0.1) is 27.7 Å². The van der Waals surface area contributed by atoms with Crippen LogP contribution in [0.25, 0.3) is 55.4 Å². The summed E-state index contributed by atoms with van der Waals surface area (Å²) in [6.07, 6.45) is 1.53. The highest BCUT2D eigenvalue weighted by Gasteiger charge is 2.29. The zero-order valence-electron chi connectivity index (χ0n) is 29.2. The molecule has 8 nitrogen and oxygen atoms in total. The minimum atomic E-state index is -0.440. The molecule has 55 heavy (non-hydrogen) atoms. The summed E-state index contributed by atoms with van der Waals surface area (Å²) in [4.78, 5) is 39.9. The fraction of sp³-hybridized carbons (Fsp3) is 0.0870. The fourth-order valence-electron chi connectivity index (χ4n) is 7.91. The number of fused-ring (bicyclic) bond motifs is 10. The number of nitrogen functional groups attached to an aromatic ring is 1. The Labute approximate surface area is 331 Å². The number of aromatic nitrogens is 2. The molecule has 0 fully saturated rings. The van der Waals surface area contributed by atoms with E-state index in [0.717, 1.165) is 61.9 Å². The van der Waals surface area contributed by atoms with Gasteiger partial charge in [0.2, 0.25) is 0 Å². The molecule has 0 aliphatic heterocycles. The number of para-hydroxylation sites is 4. The lowest BCUT2D eigenvalue weighted by Crippen LogP contribution is -2.22. The number of hydrogen-bond donors (Lipinski definition) is 1. The Kier molecular flexibility index (Phi) is 10.2. The molecular formula is C46H37IN4O4. The molecule has 0 radical (unpaired) electrons. The largest absolute Gasteiger partial charge is 0.397 e. The van der Waals surface area contributed by atoms with E-state index in [-0.39, 0.29) is 24.2 Å². The molecule has 0 saturated heterocycles. The first kappa shape index (κ1) is 37.0. The van der Waals surface area contributed by atoms with Crippen molar-refractivity contribution in [3.05, 3.63) is 199 Å². The highest BCUT2D eigenvalue weighted by atomic mass is 127. The summed E-state index contributed by atoms with van der Waals surface area (Å²) in [5.74, 6) is 0. The van der Waals surface area contributed by atoms with Crippen LogP contribution in [-0.4, -0.2) is 19.0 Å². The van der Waals surface area contributed by atoms with Crippen molar-refractivity contribution in [1.29, 1.82) is 0 Å². The van der Waals surface area contributed by atoms with Gasteiger partial charge in [0.25, 0.3) is 16.8 Å². The van der Waals surface area contributed by atoms with Crippen molar-refractivity contribution in [2.24, 2.45) is 0 Å². The summed E-state index contributed by atoms with van der Waals surface area (Å²) in [6, 6.07) is 45.5. The van der Waals surface area contributed by atoms with Gasteiger partial charge in [-0.2, -0.15) is 0 Å². The summed E-state index contributed by atoms with van der Waals surface area (Å²) >= 11 is 2.15. The lowest BCUT2D eigenvalue weighted by atomic mass is 10.0. The highest BCUT2D eigenvalue weighted by Crippen LogP contribution is 2.42. The van der Waals surface area contributed by atoms with Crippen LogP contribution in [0.2, 0.25) is 0 Å². The zero-order valence-corrected chi connectivity index (χ0v) is 31.4. The molecule has 0 amide bonds. The maximum absolute atomic E-state index is 13.4. The standard InChI is InChI=1S/C22H14N2O3.C22H16N2O.CH3I.CH4/c25-22-17-10-4-3-9-16(17)18-13-14-7-1-2-8-15(14)21(18)23(22)19-11-5-6-12-20(19)24(26)27;23-19-11-5-6-12-20(19)24-21-15-8-2-1-7-14(15)13-18(21)16-9-3-4-10-17(16)22(24)25;1-2;/h1-12H,13H2;1-12H,13,23H2;1H3;1H4. The van der Waals surface area contributed by atoms with Gasteiger partial charge in [-0.05, 0) is 68.3 Å². The van der Waals surface area contributed by atoms with Crippen molar-refractivity contribution in [2.75, 3.05) is 10.7 Å². The Morgan fingerprint density at radius 3 is 1.42 bits per heavy atom. The molecule has 8 aromatic rings. The smallest absolute Gasteiger partial charge is 0.293 e. The number of alkyl halides is 1. The van der Waals surface area contributed by atoms with Crippen molar-refractivity contribution in [3.8, 4) is 33.9 Å². The molecule has 0 bridgehead atoms. The number of nitro groups is 1.